The minimum Gasteiger partial charge on any atom is -0.398 e. The molecule has 5 nitrogen and oxygen atoms in total. The molecule has 1 saturated heterocycles. The molecule has 0 amide bonds. The first kappa shape index (κ1) is 15.6. The van der Waals surface area contributed by atoms with E-state index in [1.807, 2.05) is 6.92 Å². The van der Waals surface area contributed by atoms with Crippen molar-refractivity contribution < 1.29 is 13.2 Å². The van der Waals surface area contributed by atoms with Crippen LogP contribution in [0.15, 0.2) is 23.1 Å². The normalized spacial score (nSPS) is 21.0. The summed E-state index contributed by atoms with van der Waals surface area (Å²) >= 11 is 5.79. The number of benzene rings is 1. The van der Waals surface area contributed by atoms with Crippen LogP contribution in [0.5, 0.6) is 0 Å². The molecule has 1 aliphatic rings. The van der Waals surface area contributed by atoms with Crippen LogP contribution in [0, 0.1) is 0 Å². The number of nitrogen functional groups attached to an aromatic ring is 1. The van der Waals surface area contributed by atoms with Gasteiger partial charge in [-0.15, -0.1) is 0 Å². The molecule has 0 radical (unpaired) electrons. The van der Waals surface area contributed by atoms with Crippen LogP contribution in [-0.2, 0) is 14.6 Å². The minimum atomic E-state index is -3.47. The highest BCUT2D eigenvalue weighted by Crippen LogP contribution is 2.24. The molecule has 0 aromatic heterocycles. The first-order valence-corrected chi connectivity index (χ1v) is 8.57. The van der Waals surface area contributed by atoms with E-state index in [4.69, 9.17) is 22.1 Å². The maximum absolute atomic E-state index is 12.4. The Bertz CT molecular complexity index is 577. The third kappa shape index (κ3) is 3.63. The van der Waals surface area contributed by atoms with Gasteiger partial charge in [0.25, 0.3) is 0 Å². The maximum Gasteiger partial charge on any atom is 0.183 e. The molecule has 112 valence electrons. The molecule has 7 heteroatoms. The number of halogens is 1. The summed E-state index contributed by atoms with van der Waals surface area (Å²) in [6.07, 6.45) is -0.316. The topological polar surface area (TPSA) is 72.6 Å². The van der Waals surface area contributed by atoms with Crippen LogP contribution in [-0.4, -0.2) is 51.4 Å². The van der Waals surface area contributed by atoms with Gasteiger partial charge in [-0.25, -0.2) is 8.42 Å². The third-order valence-electron chi connectivity index (χ3n) is 3.38. The standard InChI is InChI=1S/C13H19ClN2O3S/c1-2-16-5-6-19-11(8-16)9-20(17,18)13-4-3-10(14)7-12(13)15/h3-4,7,11H,2,5-6,8-9,15H2,1H3. The third-order valence-corrected chi connectivity index (χ3v) is 5.47. The molecule has 1 atom stereocenters. The van der Waals surface area contributed by atoms with Crippen LogP contribution in [0.4, 0.5) is 5.69 Å². The van der Waals surface area contributed by atoms with Crippen LogP contribution in [0.2, 0.25) is 5.02 Å². The van der Waals surface area contributed by atoms with Gasteiger partial charge in [-0.1, -0.05) is 18.5 Å². The average Bonchev–Trinajstić information content (AvgIpc) is 2.37. The lowest BCUT2D eigenvalue weighted by atomic mass is 10.3. The second-order valence-corrected chi connectivity index (χ2v) is 7.29. The van der Waals surface area contributed by atoms with Gasteiger partial charge in [0.15, 0.2) is 9.84 Å². The van der Waals surface area contributed by atoms with E-state index in [9.17, 15) is 8.42 Å². The maximum atomic E-state index is 12.4. The van der Waals surface area contributed by atoms with Crippen molar-refractivity contribution in [2.75, 3.05) is 37.7 Å². The van der Waals surface area contributed by atoms with Crippen molar-refractivity contribution in [1.82, 2.24) is 4.90 Å². The fourth-order valence-electron chi connectivity index (χ4n) is 2.31. The Kier molecular flexibility index (Phi) is 4.90. The van der Waals surface area contributed by atoms with Gasteiger partial charge >= 0.3 is 0 Å². The van der Waals surface area contributed by atoms with Crippen LogP contribution >= 0.6 is 11.6 Å². The van der Waals surface area contributed by atoms with Crippen LogP contribution in [0.1, 0.15) is 6.92 Å². The van der Waals surface area contributed by atoms with Gasteiger partial charge in [0.05, 0.1) is 29.0 Å². The highest BCUT2D eigenvalue weighted by Gasteiger charge is 2.27. The second-order valence-electron chi connectivity index (χ2n) is 4.85. The molecular formula is C13H19ClN2O3S. The summed E-state index contributed by atoms with van der Waals surface area (Å²) in [5.74, 6) is -0.0602. The molecule has 1 aromatic carbocycles. The highest BCUT2D eigenvalue weighted by molar-refractivity contribution is 7.91. The molecule has 0 bridgehead atoms. The number of ether oxygens (including phenoxy) is 1. The number of nitrogens with two attached hydrogens (primary N) is 1. The molecule has 2 rings (SSSR count). The molecule has 20 heavy (non-hydrogen) atoms. The lowest BCUT2D eigenvalue weighted by Crippen LogP contribution is -2.45. The van der Waals surface area contributed by atoms with Gasteiger partial charge in [-0.3, -0.25) is 4.90 Å². The zero-order valence-corrected chi connectivity index (χ0v) is 13.0. The zero-order valence-electron chi connectivity index (χ0n) is 11.4. The fraction of sp³-hybridized carbons (Fsp3) is 0.538. The number of nitrogens with zero attached hydrogens (tertiary/aromatic N) is 1. The van der Waals surface area contributed by atoms with Crippen molar-refractivity contribution in [3.63, 3.8) is 0 Å². The predicted molar refractivity (Wildman–Crippen MR) is 79.8 cm³/mol. The van der Waals surface area contributed by atoms with Gasteiger partial charge in [-0.05, 0) is 24.7 Å². The lowest BCUT2D eigenvalue weighted by molar-refractivity contribution is -0.0145. The van der Waals surface area contributed by atoms with Crippen LogP contribution in [0.3, 0.4) is 0 Å². The Morgan fingerprint density at radius 2 is 2.25 bits per heavy atom. The van der Waals surface area contributed by atoms with Gasteiger partial charge < -0.3 is 10.5 Å². The summed E-state index contributed by atoms with van der Waals surface area (Å²) in [6, 6.07) is 4.44. The summed E-state index contributed by atoms with van der Waals surface area (Å²) in [7, 11) is -3.47. The number of morpholine rings is 1. The number of anilines is 1. The van der Waals surface area contributed by atoms with Gasteiger partial charge in [0, 0.05) is 18.1 Å². The van der Waals surface area contributed by atoms with Crippen molar-refractivity contribution in [3.05, 3.63) is 23.2 Å². The predicted octanol–water partition coefficient (Wildman–Crippen LogP) is 1.42. The molecule has 0 saturated carbocycles. The Morgan fingerprint density at radius 1 is 1.50 bits per heavy atom. The summed E-state index contributed by atoms with van der Waals surface area (Å²) in [6.45, 7) is 4.97. The van der Waals surface area contributed by atoms with Crippen molar-refractivity contribution >= 4 is 27.1 Å². The van der Waals surface area contributed by atoms with E-state index in [0.717, 1.165) is 13.1 Å². The van der Waals surface area contributed by atoms with E-state index in [-0.39, 0.29) is 22.4 Å². The summed E-state index contributed by atoms with van der Waals surface area (Å²) < 4.78 is 30.4. The first-order chi connectivity index (χ1) is 9.42. The minimum absolute atomic E-state index is 0.0602. The SMILES string of the molecule is CCN1CCOC(CS(=O)(=O)c2ccc(Cl)cc2N)C1. The van der Waals surface area contributed by atoms with Gasteiger partial charge in [0.1, 0.15) is 0 Å². The largest absolute Gasteiger partial charge is 0.398 e. The summed E-state index contributed by atoms with van der Waals surface area (Å²) in [4.78, 5) is 2.30. The molecule has 1 aromatic rings. The van der Waals surface area contributed by atoms with Crippen molar-refractivity contribution in [1.29, 1.82) is 0 Å². The summed E-state index contributed by atoms with van der Waals surface area (Å²) in [5.41, 5.74) is 5.93. The Labute approximate surface area is 124 Å². The number of sulfone groups is 1. The molecule has 1 unspecified atom stereocenters. The summed E-state index contributed by atoms with van der Waals surface area (Å²) in [5, 5.41) is 0.424. The van der Waals surface area contributed by atoms with E-state index < -0.39 is 9.84 Å². The fourth-order valence-corrected chi connectivity index (χ4v) is 4.05. The van der Waals surface area contributed by atoms with Crippen LogP contribution in [0.25, 0.3) is 0 Å². The molecular weight excluding hydrogens is 300 g/mol. The first-order valence-electron chi connectivity index (χ1n) is 6.54. The monoisotopic (exact) mass is 318 g/mol. The molecule has 0 aliphatic carbocycles. The highest BCUT2D eigenvalue weighted by atomic mass is 35.5. The molecule has 1 aliphatic heterocycles. The second kappa shape index (κ2) is 6.30. The molecule has 1 heterocycles. The average molecular weight is 319 g/mol. The van der Waals surface area contributed by atoms with Crippen molar-refractivity contribution in [3.8, 4) is 0 Å². The van der Waals surface area contributed by atoms with E-state index in [0.29, 0.717) is 18.2 Å². The van der Waals surface area contributed by atoms with Crippen LogP contribution < -0.4 is 5.73 Å². The molecule has 1 fully saturated rings. The van der Waals surface area contributed by atoms with E-state index in [1.54, 1.807) is 0 Å². The van der Waals surface area contributed by atoms with E-state index >= 15 is 0 Å². The number of rotatable bonds is 4. The smallest absolute Gasteiger partial charge is 0.183 e. The van der Waals surface area contributed by atoms with E-state index in [1.165, 1.54) is 18.2 Å². The molecule has 2 N–H and O–H groups in total. The number of likely N-dealkylation sites (N-methyl/N-ethyl adjacent to an activating group) is 1. The number of hydrogen-bond acceptors (Lipinski definition) is 5. The van der Waals surface area contributed by atoms with Crippen molar-refractivity contribution in [2.45, 2.75) is 17.9 Å². The number of hydrogen-bond donors (Lipinski definition) is 1. The van der Waals surface area contributed by atoms with E-state index in [2.05, 4.69) is 4.90 Å². The Balaban J connectivity index is 2.14. The molecule has 0 spiro atoms. The Morgan fingerprint density at radius 3 is 2.90 bits per heavy atom. The van der Waals surface area contributed by atoms with Crippen molar-refractivity contribution in [2.24, 2.45) is 0 Å². The zero-order chi connectivity index (χ0) is 14.8. The quantitative estimate of drug-likeness (QED) is 0.850. The van der Waals surface area contributed by atoms with Gasteiger partial charge in [-0.2, -0.15) is 0 Å². The lowest BCUT2D eigenvalue weighted by Gasteiger charge is -2.31. The Hall–Kier alpha value is -0.820. The van der Waals surface area contributed by atoms with Gasteiger partial charge in [0.2, 0.25) is 0 Å².